The van der Waals surface area contributed by atoms with Gasteiger partial charge in [-0.15, -0.1) is 0 Å². The van der Waals surface area contributed by atoms with Gasteiger partial charge in [-0.05, 0) is 30.1 Å². The van der Waals surface area contributed by atoms with Crippen molar-refractivity contribution in [2.75, 3.05) is 0 Å². The summed E-state index contributed by atoms with van der Waals surface area (Å²) in [5.41, 5.74) is 0. The summed E-state index contributed by atoms with van der Waals surface area (Å²) < 4.78 is 0. The Morgan fingerprint density at radius 3 is 1.71 bits per heavy atom. The lowest BCUT2D eigenvalue weighted by Gasteiger charge is -2.27. The molecule has 0 aromatic heterocycles. The Hall–Kier alpha value is 0. The second-order valence-electron chi connectivity index (χ2n) is 5.62. The second kappa shape index (κ2) is 7.31. The Bertz CT molecular complexity index is 124. The van der Waals surface area contributed by atoms with E-state index in [0.717, 1.165) is 23.7 Å². The molecule has 0 heteroatoms. The van der Waals surface area contributed by atoms with Gasteiger partial charge in [0, 0.05) is 0 Å². The quantitative estimate of drug-likeness (QED) is 0.532. The van der Waals surface area contributed by atoms with E-state index in [-0.39, 0.29) is 0 Å². The standard InChI is InChI=1S/C14H30/c1-7-8-14(10-9-11(2)3)13(6)12(4)5/h11-14H,7-10H2,1-6H3. The molecule has 0 saturated carbocycles. The topological polar surface area (TPSA) is 0 Å². The van der Waals surface area contributed by atoms with Crippen molar-refractivity contribution in [1.29, 1.82) is 0 Å². The highest BCUT2D eigenvalue weighted by molar-refractivity contribution is 4.69. The summed E-state index contributed by atoms with van der Waals surface area (Å²) in [6, 6.07) is 0. The molecule has 0 aliphatic rings. The van der Waals surface area contributed by atoms with Crippen LogP contribution in [0.2, 0.25) is 0 Å². The van der Waals surface area contributed by atoms with Crippen LogP contribution in [-0.2, 0) is 0 Å². The predicted molar refractivity (Wildman–Crippen MR) is 66.5 cm³/mol. The zero-order valence-electron chi connectivity index (χ0n) is 11.1. The molecule has 2 unspecified atom stereocenters. The van der Waals surface area contributed by atoms with Gasteiger partial charge in [0.05, 0.1) is 0 Å². The van der Waals surface area contributed by atoms with Gasteiger partial charge < -0.3 is 0 Å². The molecule has 86 valence electrons. The minimum Gasteiger partial charge on any atom is -0.0654 e. The van der Waals surface area contributed by atoms with Gasteiger partial charge in [0.15, 0.2) is 0 Å². The molecular weight excluding hydrogens is 168 g/mol. The van der Waals surface area contributed by atoms with E-state index in [0.29, 0.717) is 0 Å². The van der Waals surface area contributed by atoms with Gasteiger partial charge in [-0.3, -0.25) is 0 Å². The Morgan fingerprint density at radius 1 is 0.786 bits per heavy atom. The van der Waals surface area contributed by atoms with Crippen molar-refractivity contribution >= 4 is 0 Å². The van der Waals surface area contributed by atoms with Crippen LogP contribution in [0.1, 0.15) is 67.2 Å². The van der Waals surface area contributed by atoms with Crippen molar-refractivity contribution < 1.29 is 0 Å². The van der Waals surface area contributed by atoms with E-state index in [1.165, 1.54) is 25.7 Å². The minimum atomic E-state index is 0.846. The van der Waals surface area contributed by atoms with E-state index in [4.69, 9.17) is 0 Å². The van der Waals surface area contributed by atoms with Crippen LogP contribution in [0, 0.1) is 23.7 Å². The van der Waals surface area contributed by atoms with E-state index in [1.807, 2.05) is 0 Å². The fourth-order valence-corrected chi connectivity index (χ4v) is 2.13. The highest BCUT2D eigenvalue weighted by atomic mass is 14.2. The number of rotatable bonds is 7. The third kappa shape index (κ3) is 5.67. The van der Waals surface area contributed by atoms with Crippen LogP contribution in [-0.4, -0.2) is 0 Å². The molecule has 0 saturated heterocycles. The molecule has 0 bridgehead atoms. The summed E-state index contributed by atoms with van der Waals surface area (Å²) >= 11 is 0. The zero-order valence-corrected chi connectivity index (χ0v) is 11.1. The van der Waals surface area contributed by atoms with E-state index >= 15 is 0 Å². The molecule has 0 aliphatic carbocycles. The first-order valence-electron chi connectivity index (χ1n) is 6.49. The molecule has 0 amide bonds. The van der Waals surface area contributed by atoms with Gasteiger partial charge in [0.2, 0.25) is 0 Å². The summed E-state index contributed by atoms with van der Waals surface area (Å²) in [5, 5.41) is 0. The van der Waals surface area contributed by atoms with Crippen LogP contribution in [0.5, 0.6) is 0 Å². The highest BCUT2D eigenvalue weighted by Crippen LogP contribution is 2.29. The molecule has 0 aliphatic heterocycles. The molecule has 0 radical (unpaired) electrons. The highest BCUT2D eigenvalue weighted by Gasteiger charge is 2.19. The zero-order chi connectivity index (χ0) is 11.1. The lowest BCUT2D eigenvalue weighted by Crippen LogP contribution is -2.17. The molecule has 2 atom stereocenters. The summed E-state index contributed by atoms with van der Waals surface area (Å²) in [7, 11) is 0. The number of hydrogen-bond donors (Lipinski definition) is 0. The largest absolute Gasteiger partial charge is 0.0654 e. The first kappa shape index (κ1) is 14.0. The SMILES string of the molecule is CCCC(CCC(C)C)C(C)C(C)C. The third-order valence-electron chi connectivity index (χ3n) is 3.57. The van der Waals surface area contributed by atoms with Gasteiger partial charge in [-0.1, -0.05) is 60.8 Å². The molecule has 0 aromatic carbocycles. The molecule has 0 heterocycles. The van der Waals surface area contributed by atoms with Crippen molar-refractivity contribution in [1.82, 2.24) is 0 Å². The Balaban J connectivity index is 4.00. The predicted octanol–water partition coefficient (Wildman–Crippen LogP) is 5.13. The molecule has 0 nitrogen and oxygen atoms in total. The maximum absolute atomic E-state index is 2.44. The van der Waals surface area contributed by atoms with Crippen LogP contribution in [0.15, 0.2) is 0 Å². The molecule has 0 spiro atoms. The summed E-state index contributed by atoms with van der Waals surface area (Å²) in [6.45, 7) is 14.2. The molecule has 0 fully saturated rings. The van der Waals surface area contributed by atoms with Gasteiger partial charge in [0.25, 0.3) is 0 Å². The van der Waals surface area contributed by atoms with Crippen LogP contribution < -0.4 is 0 Å². The van der Waals surface area contributed by atoms with Crippen molar-refractivity contribution in [2.24, 2.45) is 23.7 Å². The average Bonchev–Trinajstić information content (AvgIpc) is 2.10. The fourth-order valence-electron chi connectivity index (χ4n) is 2.13. The van der Waals surface area contributed by atoms with Gasteiger partial charge in [-0.2, -0.15) is 0 Å². The van der Waals surface area contributed by atoms with E-state index in [9.17, 15) is 0 Å². The fraction of sp³-hybridized carbons (Fsp3) is 1.00. The van der Waals surface area contributed by atoms with Crippen LogP contribution in [0.25, 0.3) is 0 Å². The maximum atomic E-state index is 2.44. The van der Waals surface area contributed by atoms with Crippen LogP contribution in [0.3, 0.4) is 0 Å². The summed E-state index contributed by atoms with van der Waals surface area (Å²) in [5.74, 6) is 3.57. The lowest BCUT2D eigenvalue weighted by atomic mass is 9.79. The number of hydrogen-bond acceptors (Lipinski definition) is 0. The van der Waals surface area contributed by atoms with Gasteiger partial charge in [0.1, 0.15) is 0 Å². The lowest BCUT2D eigenvalue weighted by molar-refractivity contribution is 0.234. The van der Waals surface area contributed by atoms with Crippen LogP contribution >= 0.6 is 0 Å². The van der Waals surface area contributed by atoms with Crippen molar-refractivity contribution in [3.05, 3.63) is 0 Å². The average molecular weight is 198 g/mol. The van der Waals surface area contributed by atoms with Gasteiger partial charge >= 0.3 is 0 Å². The van der Waals surface area contributed by atoms with Crippen molar-refractivity contribution in [3.8, 4) is 0 Å². The monoisotopic (exact) mass is 198 g/mol. The molecular formula is C14H30. The van der Waals surface area contributed by atoms with E-state index in [1.54, 1.807) is 0 Å². The second-order valence-corrected chi connectivity index (χ2v) is 5.62. The molecule has 0 N–H and O–H groups in total. The Kier molecular flexibility index (Phi) is 7.31. The summed E-state index contributed by atoms with van der Waals surface area (Å²) in [4.78, 5) is 0. The first-order valence-corrected chi connectivity index (χ1v) is 6.49. The first-order chi connectivity index (χ1) is 6.49. The van der Waals surface area contributed by atoms with Crippen molar-refractivity contribution in [2.45, 2.75) is 67.2 Å². The normalized spacial score (nSPS) is 16.3. The Labute approximate surface area is 91.5 Å². The van der Waals surface area contributed by atoms with Gasteiger partial charge in [-0.25, -0.2) is 0 Å². The molecule has 14 heavy (non-hydrogen) atoms. The molecule has 0 rings (SSSR count). The van der Waals surface area contributed by atoms with E-state index in [2.05, 4.69) is 41.5 Å². The molecule has 0 aromatic rings. The minimum absolute atomic E-state index is 0.846. The smallest absolute Gasteiger partial charge is 0.0386 e. The van der Waals surface area contributed by atoms with Crippen LogP contribution in [0.4, 0.5) is 0 Å². The maximum Gasteiger partial charge on any atom is -0.0386 e. The third-order valence-corrected chi connectivity index (χ3v) is 3.57. The van der Waals surface area contributed by atoms with E-state index < -0.39 is 0 Å². The Morgan fingerprint density at radius 2 is 1.36 bits per heavy atom. The summed E-state index contributed by atoms with van der Waals surface area (Å²) in [6.07, 6.45) is 5.61. The van der Waals surface area contributed by atoms with Crippen molar-refractivity contribution in [3.63, 3.8) is 0 Å².